The minimum absolute atomic E-state index is 0.443. The van der Waals surface area contributed by atoms with Crippen LogP contribution in [0.3, 0.4) is 0 Å². The Kier molecular flexibility index (Phi) is 5.15. The minimum Gasteiger partial charge on any atom is -0.316 e. The van der Waals surface area contributed by atoms with Crippen LogP contribution < -0.4 is 10.6 Å². The molecule has 0 saturated carbocycles. The van der Waals surface area contributed by atoms with E-state index in [9.17, 15) is 0 Å². The molecule has 0 amide bonds. The van der Waals surface area contributed by atoms with Crippen molar-refractivity contribution in [1.29, 1.82) is 0 Å². The summed E-state index contributed by atoms with van der Waals surface area (Å²) in [6, 6.07) is 0.443. The highest BCUT2D eigenvalue weighted by molar-refractivity contribution is 7.11. The van der Waals surface area contributed by atoms with Crippen molar-refractivity contribution in [2.75, 3.05) is 19.6 Å². The van der Waals surface area contributed by atoms with Gasteiger partial charge in [-0.15, -0.1) is 11.3 Å². The number of aryl methyl sites for hydroxylation is 2. The number of nitrogens with zero attached hydrogens (tertiary/aromatic N) is 1. The Bertz CT molecular complexity index is 369. The molecular formula is C14H25N3S. The average Bonchev–Trinajstić information content (AvgIpc) is 2.94. The normalized spacial score (nSPS) is 21.4. The number of nitrogens with one attached hydrogen (secondary N) is 2. The van der Waals surface area contributed by atoms with Crippen molar-refractivity contribution in [3.8, 4) is 0 Å². The average molecular weight is 267 g/mol. The molecule has 1 aromatic rings. The molecule has 2 atom stereocenters. The molecule has 2 N–H and O–H groups in total. The standard InChI is InChI=1S/C14H25N3S/c1-10(14-11(2)17-12(3)18-14)16-7-4-5-13-6-8-15-9-13/h10,13,15-16H,4-9H2,1-3H3. The Morgan fingerprint density at radius 1 is 1.50 bits per heavy atom. The van der Waals surface area contributed by atoms with Crippen molar-refractivity contribution >= 4 is 11.3 Å². The molecule has 1 saturated heterocycles. The van der Waals surface area contributed by atoms with Crippen LogP contribution in [0.4, 0.5) is 0 Å². The fraction of sp³-hybridized carbons (Fsp3) is 0.786. The first-order chi connectivity index (χ1) is 8.66. The molecule has 18 heavy (non-hydrogen) atoms. The summed E-state index contributed by atoms with van der Waals surface area (Å²) >= 11 is 1.82. The van der Waals surface area contributed by atoms with Crippen molar-refractivity contribution in [2.24, 2.45) is 5.92 Å². The van der Waals surface area contributed by atoms with Gasteiger partial charge in [0.15, 0.2) is 0 Å². The third kappa shape index (κ3) is 3.77. The second-order valence-electron chi connectivity index (χ2n) is 5.36. The first-order valence-electron chi connectivity index (χ1n) is 7.05. The van der Waals surface area contributed by atoms with E-state index in [0.29, 0.717) is 6.04 Å². The fourth-order valence-electron chi connectivity index (χ4n) is 2.71. The zero-order valence-corrected chi connectivity index (χ0v) is 12.6. The number of aromatic nitrogens is 1. The minimum atomic E-state index is 0.443. The molecular weight excluding hydrogens is 242 g/mol. The van der Waals surface area contributed by atoms with Crippen LogP contribution in [0.2, 0.25) is 0 Å². The van der Waals surface area contributed by atoms with Gasteiger partial charge in [0.1, 0.15) is 0 Å². The summed E-state index contributed by atoms with van der Waals surface area (Å²) in [7, 11) is 0. The molecule has 0 spiro atoms. The van der Waals surface area contributed by atoms with Crippen LogP contribution in [-0.2, 0) is 0 Å². The van der Waals surface area contributed by atoms with Gasteiger partial charge in [0.05, 0.1) is 10.7 Å². The lowest BCUT2D eigenvalue weighted by atomic mass is 10.0. The maximum absolute atomic E-state index is 4.49. The van der Waals surface area contributed by atoms with E-state index in [1.807, 2.05) is 11.3 Å². The third-order valence-electron chi connectivity index (χ3n) is 3.73. The quantitative estimate of drug-likeness (QED) is 0.778. The first kappa shape index (κ1) is 14.0. The molecule has 102 valence electrons. The second-order valence-corrected chi connectivity index (χ2v) is 6.59. The van der Waals surface area contributed by atoms with E-state index in [-0.39, 0.29) is 0 Å². The SMILES string of the molecule is Cc1nc(C)c(C(C)NCCCC2CCNC2)s1. The van der Waals surface area contributed by atoms with Gasteiger partial charge in [0.2, 0.25) is 0 Å². The van der Waals surface area contributed by atoms with Crippen LogP contribution in [-0.4, -0.2) is 24.6 Å². The maximum Gasteiger partial charge on any atom is 0.0900 e. The van der Waals surface area contributed by atoms with E-state index < -0.39 is 0 Å². The lowest BCUT2D eigenvalue weighted by Gasteiger charge is -2.14. The summed E-state index contributed by atoms with van der Waals surface area (Å²) in [6.07, 6.45) is 4.00. The number of hydrogen-bond donors (Lipinski definition) is 2. The largest absolute Gasteiger partial charge is 0.316 e. The molecule has 0 aromatic carbocycles. The van der Waals surface area contributed by atoms with Gasteiger partial charge in [0.25, 0.3) is 0 Å². The molecule has 0 bridgehead atoms. The van der Waals surface area contributed by atoms with Crippen LogP contribution in [0.25, 0.3) is 0 Å². The van der Waals surface area contributed by atoms with E-state index in [2.05, 4.69) is 36.4 Å². The Balaban J connectivity index is 1.68. The summed E-state index contributed by atoms with van der Waals surface area (Å²) in [5, 5.41) is 8.23. The lowest BCUT2D eigenvalue weighted by molar-refractivity contribution is 0.474. The first-order valence-corrected chi connectivity index (χ1v) is 7.86. The molecule has 1 fully saturated rings. The Morgan fingerprint density at radius 3 is 2.94 bits per heavy atom. The summed E-state index contributed by atoms with van der Waals surface area (Å²) in [4.78, 5) is 5.89. The summed E-state index contributed by atoms with van der Waals surface area (Å²) < 4.78 is 0. The van der Waals surface area contributed by atoms with E-state index in [0.717, 1.165) is 12.5 Å². The summed E-state index contributed by atoms with van der Waals surface area (Å²) in [5.41, 5.74) is 1.19. The molecule has 3 nitrogen and oxygen atoms in total. The topological polar surface area (TPSA) is 37.0 Å². The van der Waals surface area contributed by atoms with Crippen molar-refractivity contribution in [2.45, 2.75) is 46.1 Å². The number of thiazole rings is 1. The smallest absolute Gasteiger partial charge is 0.0900 e. The highest BCUT2D eigenvalue weighted by atomic mass is 32.1. The van der Waals surface area contributed by atoms with E-state index in [1.54, 1.807) is 0 Å². The van der Waals surface area contributed by atoms with Crippen LogP contribution in [0, 0.1) is 19.8 Å². The van der Waals surface area contributed by atoms with Crippen LogP contribution in [0.5, 0.6) is 0 Å². The molecule has 1 aliphatic rings. The van der Waals surface area contributed by atoms with Gasteiger partial charge in [-0.2, -0.15) is 0 Å². The molecule has 2 unspecified atom stereocenters. The van der Waals surface area contributed by atoms with Crippen molar-refractivity contribution in [3.63, 3.8) is 0 Å². The molecule has 0 aliphatic carbocycles. The van der Waals surface area contributed by atoms with E-state index in [4.69, 9.17) is 0 Å². The molecule has 1 aliphatic heterocycles. The van der Waals surface area contributed by atoms with Crippen LogP contribution in [0.1, 0.15) is 47.8 Å². The fourth-order valence-corrected chi connectivity index (χ4v) is 3.67. The highest BCUT2D eigenvalue weighted by Gasteiger charge is 2.15. The van der Waals surface area contributed by atoms with Crippen molar-refractivity contribution in [1.82, 2.24) is 15.6 Å². The summed E-state index contributed by atoms with van der Waals surface area (Å²) in [6.45, 7) is 10.0. The lowest BCUT2D eigenvalue weighted by Crippen LogP contribution is -2.20. The van der Waals surface area contributed by atoms with Gasteiger partial charge in [-0.1, -0.05) is 0 Å². The molecule has 0 radical (unpaired) electrons. The molecule has 2 rings (SSSR count). The van der Waals surface area contributed by atoms with Gasteiger partial charge in [0, 0.05) is 10.9 Å². The van der Waals surface area contributed by atoms with Gasteiger partial charge in [-0.25, -0.2) is 4.98 Å². The highest BCUT2D eigenvalue weighted by Crippen LogP contribution is 2.24. The Morgan fingerprint density at radius 2 is 2.33 bits per heavy atom. The van der Waals surface area contributed by atoms with E-state index >= 15 is 0 Å². The van der Waals surface area contributed by atoms with Gasteiger partial charge in [-0.05, 0) is 65.6 Å². The number of rotatable bonds is 6. The zero-order chi connectivity index (χ0) is 13.0. The molecule has 4 heteroatoms. The number of hydrogen-bond acceptors (Lipinski definition) is 4. The predicted molar refractivity (Wildman–Crippen MR) is 78.2 cm³/mol. The summed E-state index contributed by atoms with van der Waals surface area (Å²) in [5.74, 6) is 0.912. The van der Waals surface area contributed by atoms with Crippen molar-refractivity contribution in [3.05, 3.63) is 15.6 Å². The Labute approximate surface area is 114 Å². The monoisotopic (exact) mass is 267 g/mol. The van der Waals surface area contributed by atoms with Gasteiger partial charge < -0.3 is 10.6 Å². The van der Waals surface area contributed by atoms with Gasteiger partial charge in [-0.3, -0.25) is 0 Å². The van der Waals surface area contributed by atoms with Gasteiger partial charge >= 0.3 is 0 Å². The second kappa shape index (κ2) is 6.64. The molecule has 2 heterocycles. The van der Waals surface area contributed by atoms with Crippen LogP contribution in [0.15, 0.2) is 0 Å². The van der Waals surface area contributed by atoms with E-state index in [1.165, 1.54) is 47.9 Å². The zero-order valence-electron chi connectivity index (χ0n) is 11.8. The van der Waals surface area contributed by atoms with Crippen molar-refractivity contribution < 1.29 is 0 Å². The third-order valence-corrected chi connectivity index (χ3v) is 4.99. The van der Waals surface area contributed by atoms with Crippen LogP contribution >= 0.6 is 11.3 Å². The maximum atomic E-state index is 4.49. The Hall–Kier alpha value is -0.450. The predicted octanol–water partition coefficient (Wildman–Crippen LogP) is 2.80. The molecule has 1 aromatic heterocycles.